The summed E-state index contributed by atoms with van der Waals surface area (Å²) in [5.41, 5.74) is 2.88. The second-order valence-corrected chi connectivity index (χ2v) is 9.23. The Balaban J connectivity index is 1.17. The molecule has 5 heterocycles. The minimum atomic E-state index is -1.08. The summed E-state index contributed by atoms with van der Waals surface area (Å²) in [7, 11) is 0. The number of nitrogens with one attached hydrogen (secondary N) is 1. The number of aliphatic hydroxyl groups is 2. The van der Waals surface area contributed by atoms with E-state index in [-0.39, 0.29) is 24.3 Å². The van der Waals surface area contributed by atoms with Crippen molar-refractivity contribution in [2.45, 2.75) is 44.0 Å². The molecule has 2 aliphatic heterocycles. The van der Waals surface area contributed by atoms with Gasteiger partial charge in [0.1, 0.15) is 18.3 Å². The van der Waals surface area contributed by atoms with Gasteiger partial charge in [0.05, 0.1) is 25.9 Å². The number of imidazole rings is 1. The molecule has 0 saturated carbocycles. The van der Waals surface area contributed by atoms with Gasteiger partial charge in [-0.1, -0.05) is 24.3 Å². The van der Waals surface area contributed by atoms with Crippen molar-refractivity contribution in [3.63, 3.8) is 0 Å². The second-order valence-electron chi connectivity index (χ2n) is 9.23. The molecule has 12 heteroatoms. The Morgan fingerprint density at radius 3 is 2.54 bits per heavy atom. The van der Waals surface area contributed by atoms with Gasteiger partial charge in [0.2, 0.25) is 5.95 Å². The zero-order valence-electron chi connectivity index (χ0n) is 20.0. The molecule has 0 unspecified atom stereocenters. The van der Waals surface area contributed by atoms with Gasteiger partial charge in [-0.25, -0.2) is 19.9 Å². The van der Waals surface area contributed by atoms with E-state index in [4.69, 9.17) is 9.47 Å². The van der Waals surface area contributed by atoms with Crippen molar-refractivity contribution < 1.29 is 19.7 Å². The van der Waals surface area contributed by atoms with Crippen molar-refractivity contribution in [1.29, 1.82) is 0 Å². The van der Waals surface area contributed by atoms with Crippen LogP contribution in [-0.4, -0.2) is 77.7 Å². The summed E-state index contributed by atoms with van der Waals surface area (Å²) in [4.78, 5) is 34.1. The van der Waals surface area contributed by atoms with Gasteiger partial charge in [-0.2, -0.15) is 0 Å². The predicted molar refractivity (Wildman–Crippen MR) is 133 cm³/mol. The Hall–Kier alpha value is -3.71. The van der Waals surface area contributed by atoms with Crippen molar-refractivity contribution in [2.24, 2.45) is 0 Å². The van der Waals surface area contributed by atoms with E-state index in [9.17, 15) is 15.0 Å². The van der Waals surface area contributed by atoms with Crippen LogP contribution in [0.2, 0.25) is 0 Å². The third-order valence-corrected chi connectivity index (χ3v) is 6.89. The number of anilines is 1. The lowest BCUT2D eigenvalue weighted by Gasteiger charge is -2.22. The summed E-state index contributed by atoms with van der Waals surface area (Å²) in [6.07, 6.45) is 5.16. The average molecular weight is 506 g/mol. The van der Waals surface area contributed by atoms with Crippen LogP contribution in [0.25, 0.3) is 22.3 Å². The largest absolute Gasteiger partial charge is 0.394 e. The van der Waals surface area contributed by atoms with Crippen LogP contribution in [0.5, 0.6) is 0 Å². The summed E-state index contributed by atoms with van der Waals surface area (Å²) in [6.45, 7) is 1.82. The summed E-state index contributed by atoms with van der Waals surface area (Å²) >= 11 is 0. The lowest BCUT2D eigenvalue weighted by Crippen LogP contribution is -2.35. The number of benzene rings is 1. The van der Waals surface area contributed by atoms with Crippen molar-refractivity contribution in [3.05, 3.63) is 65.2 Å². The Morgan fingerprint density at radius 2 is 1.81 bits per heavy atom. The molecule has 37 heavy (non-hydrogen) atoms. The number of aromatic nitrogens is 6. The summed E-state index contributed by atoms with van der Waals surface area (Å²) in [6, 6.07) is 7.83. The van der Waals surface area contributed by atoms with Gasteiger partial charge in [-0.3, -0.25) is 9.36 Å². The number of hydrogen-bond acceptors (Lipinski definition) is 10. The van der Waals surface area contributed by atoms with Crippen molar-refractivity contribution in [1.82, 2.24) is 29.5 Å². The van der Waals surface area contributed by atoms with Crippen LogP contribution in [0, 0.1) is 0 Å². The second kappa shape index (κ2) is 9.98. The van der Waals surface area contributed by atoms with Gasteiger partial charge in [0.15, 0.2) is 17.4 Å². The van der Waals surface area contributed by atoms with Crippen LogP contribution >= 0.6 is 0 Å². The first-order valence-corrected chi connectivity index (χ1v) is 12.2. The molecule has 3 N–H and O–H groups in total. The lowest BCUT2D eigenvalue weighted by atomic mass is 10.1. The number of aromatic amines is 1. The Bertz CT molecular complexity index is 1420. The number of nitrogens with zero attached hydrogens (tertiary/aromatic N) is 6. The molecule has 0 bridgehead atoms. The molecule has 4 aromatic rings. The SMILES string of the molecule is O=c1[nH]cnc2c1ncn2[C@@H]1O[C@H](CO)[C@@H](O)[C@H]1OCc1ccc(-c2cnc(N3CCCC3)nc2)cc1. The van der Waals surface area contributed by atoms with Crippen LogP contribution in [0.1, 0.15) is 24.6 Å². The topological polar surface area (TPSA) is 152 Å². The molecule has 2 fully saturated rings. The standard InChI is InChI=1S/C25H27N7O5/c33-11-18-20(34)21(24(37-18)32-14-30-19-22(32)28-13-29-23(19)35)36-12-15-3-5-16(6-4-15)17-9-26-25(27-10-17)31-7-1-2-8-31/h3-6,9-10,13-14,18,20-21,24,33-34H,1-2,7-8,11-12H2,(H,28,29,35)/t18-,20-,21-,24-/m1/s1. The molecular weight excluding hydrogens is 478 g/mol. The summed E-state index contributed by atoms with van der Waals surface area (Å²) in [5, 5.41) is 20.4. The van der Waals surface area contributed by atoms with E-state index in [1.807, 2.05) is 36.7 Å². The number of ether oxygens (including phenoxy) is 2. The van der Waals surface area contributed by atoms with Gasteiger partial charge in [-0.05, 0) is 24.0 Å². The summed E-state index contributed by atoms with van der Waals surface area (Å²) in [5.74, 6) is 0.768. The molecule has 12 nitrogen and oxygen atoms in total. The molecule has 2 aliphatic rings. The first kappa shape index (κ1) is 23.7. The van der Waals surface area contributed by atoms with E-state index in [2.05, 4.69) is 29.8 Å². The zero-order chi connectivity index (χ0) is 25.4. The number of H-pyrrole nitrogens is 1. The highest BCUT2D eigenvalue weighted by Crippen LogP contribution is 2.34. The maximum Gasteiger partial charge on any atom is 0.278 e. The van der Waals surface area contributed by atoms with E-state index in [0.717, 1.165) is 35.7 Å². The minimum Gasteiger partial charge on any atom is -0.394 e. The fourth-order valence-corrected chi connectivity index (χ4v) is 4.86. The van der Waals surface area contributed by atoms with E-state index in [0.29, 0.717) is 5.65 Å². The predicted octanol–water partition coefficient (Wildman–Crippen LogP) is 1.01. The van der Waals surface area contributed by atoms with Crippen LogP contribution in [0.4, 0.5) is 5.95 Å². The van der Waals surface area contributed by atoms with Crippen LogP contribution in [0.3, 0.4) is 0 Å². The maximum absolute atomic E-state index is 12.0. The van der Waals surface area contributed by atoms with Gasteiger partial charge in [-0.15, -0.1) is 0 Å². The maximum atomic E-state index is 12.0. The molecule has 0 radical (unpaired) electrons. The third-order valence-electron chi connectivity index (χ3n) is 6.89. The molecule has 1 aromatic carbocycles. The fourth-order valence-electron chi connectivity index (χ4n) is 4.86. The molecule has 6 rings (SSSR count). The molecular formula is C25H27N7O5. The molecule has 3 aromatic heterocycles. The fraction of sp³-hybridized carbons (Fsp3) is 0.400. The zero-order valence-corrected chi connectivity index (χ0v) is 20.0. The van der Waals surface area contributed by atoms with Gasteiger partial charge < -0.3 is 29.6 Å². The highest BCUT2D eigenvalue weighted by Gasteiger charge is 2.46. The molecule has 0 aliphatic carbocycles. The Labute approximate surface area is 211 Å². The number of hydrogen-bond donors (Lipinski definition) is 3. The number of aliphatic hydroxyl groups excluding tert-OH is 2. The van der Waals surface area contributed by atoms with Crippen molar-refractivity contribution >= 4 is 17.1 Å². The molecule has 2 saturated heterocycles. The minimum absolute atomic E-state index is 0.153. The van der Waals surface area contributed by atoms with Gasteiger partial charge in [0, 0.05) is 31.0 Å². The number of fused-ring (bicyclic) bond motifs is 1. The highest BCUT2D eigenvalue weighted by molar-refractivity contribution is 5.69. The third kappa shape index (κ3) is 4.48. The highest BCUT2D eigenvalue weighted by atomic mass is 16.6. The van der Waals surface area contributed by atoms with E-state index in [1.165, 1.54) is 25.5 Å². The smallest absolute Gasteiger partial charge is 0.278 e. The average Bonchev–Trinajstić information content (AvgIpc) is 3.68. The normalized spacial score (nSPS) is 23.8. The number of rotatable bonds is 7. The van der Waals surface area contributed by atoms with Crippen molar-refractivity contribution in [2.75, 3.05) is 24.6 Å². The molecule has 0 spiro atoms. The molecule has 4 atom stereocenters. The van der Waals surface area contributed by atoms with Crippen LogP contribution < -0.4 is 10.5 Å². The molecule has 192 valence electrons. The first-order chi connectivity index (χ1) is 18.1. The van der Waals surface area contributed by atoms with Crippen molar-refractivity contribution in [3.8, 4) is 11.1 Å². The van der Waals surface area contributed by atoms with Gasteiger partial charge >= 0.3 is 0 Å². The monoisotopic (exact) mass is 505 g/mol. The lowest BCUT2D eigenvalue weighted by molar-refractivity contribution is -0.0761. The van der Waals surface area contributed by atoms with Crippen LogP contribution in [0.15, 0.2) is 54.1 Å². The summed E-state index contributed by atoms with van der Waals surface area (Å²) < 4.78 is 13.5. The van der Waals surface area contributed by atoms with E-state index >= 15 is 0 Å². The van der Waals surface area contributed by atoms with Gasteiger partial charge in [0.25, 0.3) is 5.56 Å². The Kier molecular flexibility index (Phi) is 6.38. The molecule has 0 amide bonds. The van der Waals surface area contributed by atoms with E-state index in [1.54, 1.807) is 4.57 Å². The quantitative estimate of drug-likeness (QED) is 0.332. The first-order valence-electron chi connectivity index (χ1n) is 12.2. The van der Waals surface area contributed by atoms with Crippen LogP contribution in [-0.2, 0) is 16.1 Å². The van der Waals surface area contributed by atoms with E-state index < -0.39 is 24.5 Å². The Morgan fingerprint density at radius 1 is 1.05 bits per heavy atom.